The number of nitrogens with zero attached hydrogens (tertiary/aromatic N) is 1. The maximum atomic E-state index is 11.8. The van der Waals surface area contributed by atoms with Gasteiger partial charge in [-0.3, -0.25) is 0 Å². The molecular formula is C10H22BrNO2S. The normalized spacial score (nSPS) is 15.7. The van der Waals surface area contributed by atoms with Crippen molar-refractivity contribution in [1.29, 1.82) is 0 Å². The zero-order valence-corrected chi connectivity index (χ0v) is 12.7. The lowest BCUT2D eigenvalue weighted by atomic mass is 9.94. The van der Waals surface area contributed by atoms with Crippen LogP contribution in [-0.4, -0.2) is 36.9 Å². The van der Waals surface area contributed by atoms with Crippen LogP contribution in [0.5, 0.6) is 0 Å². The van der Waals surface area contributed by atoms with Crippen LogP contribution in [0.3, 0.4) is 0 Å². The first-order valence-electron chi connectivity index (χ1n) is 5.13. The summed E-state index contributed by atoms with van der Waals surface area (Å²) in [6.45, 7) is 8.61. The van der Waals surface area contributed by atoms with Crippen LogP contribution in [0, 0.1) is 5.41 Å². The Bertz CT molecular complexity index is 280. The Labute approximate surface area is 102 Å². The number of hydrogen-bond donors (Lipinski definition) is 0. The molecule has 0 aromatic carbocycles. The molecule has 0 saturated heterocycles. The molecular weight excluding hydrogens is 278 g/mol. The second kappa shape index (κ2) is 5.64. The Morgan fingerprint density at radius 1 is 1.33 bits per heavy atom. The van der Waals surface area contributed by atoms with E-state index in [-0.39, 0.29) is 16.0 Å². The van der Waals surface area contributed by atoms with Gasteiger partial charge in [0, 0.05) is 18.4 Å². The number of sulfonamides is 1. The molecule has 0 aromatic rings. The highest BCUT2D eigenvalue weighted by Crippen LogP contribution is 2.20. The van der Waals surface area contributed by atoms with Gasteiger partial charge in [-0.2, -0.15) is 0 Å². The Kier molecular flexibility index (Phi) is 5.79. The molecule has 1 atom stereocenters. The summed E-state index contributed by atoms with van der Waals surface area (Å²) in [4.78, 5) is 0.187. The van der Waals surface area contributed by atoms with E-state index < -0.39 is 10.0 Å². The van der Waals surface area contributed by atoms with Crippen LogP contribution in [0.25, 0.3) is 0 Å². The fraction of sp³-hybridized carbons (Fsp3) is 1.00. The zero-order valence-electron chi connectivity index (χ0n) is 10.2. The average molecular weight is 300 g/mol. The zero-order chi connectivity index (χ0) is 12.3. The van der Waals surface area contributed by atoms with Gasteiger partial charge in [0.05, 0.1) is 5.75 Å². The van der Waals surface area contributed by atoms with Crippen LogP contribution in [0.4, 0.5) is 0 Å². The molecule has 0 aliphatic rings. The molecule has 0 heterocycles. The van der Waals surface area contributed by atoms with Crippen molar-refractivity contribution < 1.29 is 8.42 Å². The molecule has 15 heavy (non-hydrogen) atoms. The predicted molar refractivity (Wildman–Crippen MR) is 68.9 cm³/mol. The van der Waals surface area contributed by atoms with Crippen molar-refractivity contribution in [1.82, 2.24) is 4.31 Å². The first kappa shape index (κ1) is 15.4. The van der Waals surface area contributed by atoms with Gasteiger partial charge in [0.1, 0.15) is 0 Å². The van der Waals surface area contributed by atoms with Crippen molar-refractivity contribution in [3.63, 3.8) is 0 Å². The second-order valence-electron chi connectivity index (χ2n) is 5.19. The van der Waals surface area contributed by atoms with Crippen molar-refractivity contribution in [2.45, 2.75) is 38.9 Å². The first-order valence-corrected chi connectivity index (χ1v) is 7.65. The average Bonchev–Trinajstić information content (AvgIpc) is 1.98. The highest BCUT2D eigenvalue weighted by molar-refractivity contribution is 9.09. The first-order chi connectivity index (χ1) is 6.54. The topological polar surface area (TPSA) is 37.4 Å². The largest absolute Gasteiger partial charge is 0.213 e. The minimum Gasteiger partial charge on any atom is -0.212 e. The van der Waals surface area contributed by atoms with Crippen LogP contribution in [0.15, 0.2) is 0 Å². The molecule has 0 aromatic heterocycles. The monoisotopic (exact) mass is 299 g/mol. The molecule has 3 nitrogen and oxygen atoms in total. The predicted octanol–water partition coefficient (Wildman–Crippen LogP) is 2.47. The van der Waals surface area contributed by atoms with Crippen LogP contribution in [0.2, 0.25) is 0 Å². The van der Waals surface area contributed by atoms with Gasteiger partial charge in [-0.15, -0.1) is 0 Å². The summed E-state index contributed by atoms with van der Waals surface area (Å²) < 4.78 is 25.1. The van der Waals surface area contributed by atoms with Gasteiger partial charge in [-0.05, 0) is 11.8 Å². The smallest absolute Gasteiger partial charge is 0.212 e. The Hall–Kier alpha value is 0.390. The van der Waals surface area contributed by atoms with E-state index in [0.29, 0.717) is 13.0 Å². The van der Waals surface area contributed by atoms with E-state index in [4.69, 9.17) is 0 Å². The third kappa shape index (κ3) is 7.30. The van der Waals surface area contributed by atoms with E-state index in [1.54, 1.807) is 7.05 Å². The van der Waals surface area contributed by atoms with Crippen LogP contribution >= 0.6 is 15.9 Å². The van der Waals surface area contributed by atoms with Crippen molar-refractivity contribution in [3.8, 4) is 0 Å². The third-order valence-corrected chi connectivity index (χ3v) is 4.20. The summed E-state index contributed by atoms with van der Waals surface area (Å²) in [6.07, 6.45) is 0.691. The molecule has 1 unspecified atom stereocenters. The summed E-state index contributed by atoms with van der Waals surface area (Å²) in [6, 6.07) is 0. The third-order valence-electron chi connectivity index (χ3n) is 2.09. The molecule has 0 fully saturated rings. The minimum atomic E-state index is -3.09. The molecule has 0 N–H and O–H groups in total. The Morgan fingerprint density at radius 3 is 2.13 bits per heavy atom. The van der Waals surface area contributed by atoms with Gasteiger partial charge in [-0.1, -0.05) is 43.6 Å². The van der Waals surface area contributed by atoms with Gasteiger partial charge in [0.2, 0.25) is 10.0 Å². The lowest BCUT2D eigenvalue weighted by molar-refractivity contribution is 0.389. The van der Waals surface area contributed by atoms with Gasteiger partial charge in [-0.25, -0.2) is 12.7 Å². The summed E-state index contributed by atoms with van der Waals surface area (Å²) in [7, 11) is -1.45. The van der Waals surface area contributed by atoms with Gasteiger partial charge >= 0.3 is 0 Å². The fourth-order valence-corrected chi connectivity index (χ4v) is 3.32. The van der Waals surface area contributed by atoms with Gasteiger partial charge < -0.3 is 0 Å². The number of hydrogen-bond acceptors (Lipinski definition) is 2. The number of alkyl halides is 1. The minimum absolute atomic E-state index is 0.0634. The van der Waals surface area contributed by atoms with E-state index in [0.717, 1.165) is 0 Å². The van der Waals surface area contributed by atoms with Crippen molar-refractivity contribution >= 4 is 26.0 Å². The van der Waals surface area contributed by atoms with Crippen molar-refractivity contribution in [2.24, 2.45) is 5.41 Å². The van der Waals surface area contributed by atoms with E-state index in [2.05, 4.69) is 36.7 Å². The molecule has 5 heteroatoms. The molecule has 0 rings (SSSR count). The van der Waals surface area contributed by atoms with Crippen molar-refractivity contribution in [2.75, 3.05) is 19.3 Å². The molecule has 0 saturated carbocycles. The number of rotatable bonds is 5. The summed E-state index contributed by atoms with van der Waals surface area (Å²) in [5, 5.41) is 0. The molecule has 92 valence electrons. The van der Waals surface area contributed by atoms with Crippen LogP contribution in [0.1, 0.15) is 34.1 Å². The standard InChI is InChI=1S/C10H22BrNO2S/c1-9(11)8-12(5)15(13,14)7-6-10(2,3)4/h9H,6-8H2,1-5H3. The molecule has 0 aliphatic heterocycles. The maximum Gasteiger partial charge on any atom is 0.213 e. The fourth-order valence-electron chi connectivity index (χ4n) is 1.06. The van der Waals surface area contributed by atoms with E-state index in [1.807, 2.05) is 6.92 Å². The summed E-state index contributed by atoms with van der Waals surface area (Å²) in [5.41, 5.74) is 0.0634. The van der Waals surface area contributed by atoms with Crippen LogP contribution < -0.4 is 0 Å². The van der Waals surface area contributed by atoms with E-state index in [1.165, 1.54) is 4.31 Å². The van der Waals surface area contributed by atoms with Crippen LogP contribution in [-0.2, 0) is 10.0 Å². The maximum absolute atomic E-state index is 11.8. The lowest BCUT2D eigenvalue weighted by Crippen LogP contribution is -2.34. The number of halogens is 1. The highest BCUT2D eigenvalue weighted by Gasteiger charge is 2.22. The summed E-state index contributed by atoms with van der Waals surface area (Å²) in [5.74, 6) is 0.229. The molecule has 0 spiro atoms. The summed E-state index contributed by atoms with van der Waals surface area (Å²) >= 11 is 3.35. The quantitative estimate of drug-likeness (QED) is 0.731. The van der Waals surface area contributed by atoms with Gasteiger partial charge in [0.25, 0.3) is 0 Å². The lowest BCUT2D eigenvalue weighted by Gasteiger charge is -2.22. The molecule has 0 aliphatic carbocycles. The van der Waals surface area contributed by atoms with Gasteiger partial charge in [0.15, 0.2) is 0 Å². The SMILES string of the molecule is CC(Br)CN(C)S(=O)(=O)CCC(C)(C)C. The molecule has 0 radical (unpaired) electrons. The highest BCUT2D eigenvalue weighted by atomic mass is 79.9. The Balaban J connectivity index is 4.31. The molecule has 0 amide bonds. The van der Waals surface area contributed by atoms with E-state index >= 15 is 0 Å². The second-order valence-corrected chi connectivity index (χ2v) is 8.95. The van der Waals surface area contributed by atoms with Crippen molar-refractivity contribution in [3.05, 3.63) is 0 Å². The molecule has 0 bridgehead atoms. The van der Waals surface area contributed by atoms with E-state index in [9.17, 15) is 8.42 Å². The Morgan fingerprint density at radius 2 is 1.80 bits per heavy atom.